The second-order valence-corrected chi connectivity index (χ2v) is 3.85. The third-order valence-corrected chi connectivity index (χ3v) is 2.14. The molecule has 0 aliphatic rings. The average molecular weight is 285 g/mol. The first-order valence-electron chi connectivity index (χ1n) is 6.22. The first-order valence-corrected chi connectivity index (χ1v) is 6.22. The maximum Gasteiger partial charge on any atom is 0.508 e. The smallest absolute Gasteiger partial charge is 0.434 e. The zero-order chi connectivity index (χ0) is 15.2. The summed E-state index contributed by atoms with van der Waals surface area (Å²) in [6.45, 7) is 9.42. The Labute approximate surface area is 119 Å². The van der Waals surface area contributed by atoms with Crippen molar-refractivity contribution in [1.82, 2.24) is 0 Å². The molecule has 0 saturated heterocycles. The molecule has 0 spiro atoms. The summed E-state index contributed by atoms with van der Waals surface area (Å²) in [7, 11) is 0. The summed E-state index contributed by atoms with van der Waals surface area (Å²) in [5, 5.41) is 0. The Hall–Kier alpha value is -1.98. The highest BCUT2D eigenvalue weighted by Crippen LogP contribution is 2.10. The van der Waals surface area contributed by atoms with Crippen LogP contribution in [0.1, 0.15) is 19.8 Å². The molecule has 0 bridgehead atoms. The van der Waals surface area contributed by atoms with Gasteiger partial charge in [-0.15, -0.1) is 0 Å². The number of hydrogen-bond donors (Lipinski definition) is 0. The molecule has 0 aromatic carbocycles. The van der Waals surface area contributed by atoms with Crippen LogP contribution < -0.4 is 0 Å². The van der Waals surface area contributed by atoms with E-state index >= 15 is 0 Å². The summed E-state index contributed by atoms with van der Waals surface area (Å²) in [6, 6.07) is 0. The van der Waals surface area contributed by atoms with Gasteiger partial charge in [-0.2, -0.15) is 0 Å². The lowest BCUT2D eigenvalue weighted by molar-refractivity contribution is 0.0598. The maximum atomic E-state index is 11.0. The van der Waals surface area contributed by atoms with Crippen molar-refractivity contribution in [3.05, 3.63) is 31.2 Å². The molecule has 0 rings (SSSR count). The van der Waals surface area contributed by atoms with Crippen molar-refractivity contribution in [3.8, 4) is 0 Å². The Balaban J connectivity index is 3.51. The van der Waals surface area contributed by atoms with Crippen molar-refractivity contribution in [2.45, 2.75) is 19.8 Å². The standard InChI is InChI=1S/C14H21O6/c1-4-8-17-13(15)19-10-6-12(3)7-11-20-14(16)18-9-5-2/h4-5H,1-2,6-11H2,3H3. The van der Waals surface area contributed by atoms with Gasteiger partial charge < -0.3 is 18.9 Å². The van der Waals surface area contributed by atoms with Crippen molar-refractivity contribution >= 4 is 12.3 Å². The van der Waals surface area contributed by atoms with E-state index < -0.39 is 12.3 Å². The third kappa shape index (κ3) is 11.1. The zero-order valence-electron chi connectivity index (χ0n) is 11.8. The minimum absolute atomic E-state index is 0.127. The molecule has 113 valence electrons. The van der Waals surface area contributed by atoms with Gasteiger partial charge in [-0.05, 0) is 18.8 Å². The van der Waals surface area contributed by atoms with E-state index in [2.05, 4.69) is 22.6 Å². The van der Waals surface area contributed by atoms with E-state index in [1.807, 2.05) is 6.92 Å². The molecule has 6 nitrogen and oxygen atoms in total. The molecule has 0 atom stereocenters. The Morgan fingerprint density at radius 2 is 1.25 bits per heavy atom. The lowest BCUT2D eigenvalue weighted by Crippen LogP contribution is -2.12. The van der Waals surface area contributed by atoms with Crippen molar-refractivity contribution in [1.29, 1.82) is 0 Å². The van der Waals surface area contributed by atoms with Crippen molar-refractivity contribution in [3.63, 3.8) is 0 Å². The van der Waals surface area contributed by atoms with Gasteiger partial charge >= 0.3 is 12.3 Å². The molecule has 1 radical (unpaired) electrons. The first kappa shape index (κ1) is 18.0. The summed E-state index contributed by atoms with van der Waals surface area (Å²) >= 11 is 0. The monoisotopic (exact) mass is 285 g/mol. The summed E-state index contributed by atoms with van der Waals surface area (Å²) in [5.41, 5.74) is 0. The highest BCUT2D eigenvalue weighted by atomic mass is 16.7. The minimum atomic E-state index is -0.720. The number of carbonyl (C=O) groups excluding carboxylic acids is 2. The van der Waals surface area contributed by atoms with Gasteiger partial charge in [-0.3, -0.25) is 0 Å². The lowest BCUT2D eigenvalue weighted by Gasteiger charge is -2.11. The fourth-order valence-corrected chi connectivity index (χ4v) is 1.08. The summed E-state index contributed by atoms with van der Waals surface area (Å²) < 4.78 is 18.9. The second kappa shape index (κ2) is 12.1. The van der Waals surface area contributed by atoms with E-state index in [1.54, 1.807) is 0 Å². The second-order valence-electron chi connectivity index (χ2n) is 3.85. The van der Waals surface area contributed by atoms with Gasteiger partial charge in [0.25, 0.3) is 0 Å². The van der Waals surface area contributed by atoms with Gasteiger partial charge in [0.15, 0.2) is 0 Å². The molecule has 0 saturated carbocycles. The van der Waals surface area contributed by atoms with Crippen LogP contribution in [0.4, 0.5) is 9.59 Å². The highest BCUT2D eigenvalue weighted by molar-refractivity contribution is 5.60. The summed E-state index contributed by atoms with van der Waals surface area (Å²) in [4.78, 5) is 22.0. The Morgan fingerprint density at radius 1 is 0.850 bits per heavy atom. The highest BCUT2D eigenvalue weighted by Gasteiger charge is 2.08. The van der Waals surface area contributed by atoms with Gasteiger partial charge in [-0.25, -0.2) is 9.59 Å². The third-order valence-electron chi connectivity index (χ3n) is 2.14. The Bertz CT molecular complexity index is 283. The molecule has 0 aliphatic carbocycles. The maximum absolute atomic E-state index is 11.0. The number of carbonyl (C=O) groups is 2. The fourth-order valence-electron chi connectivity index (χ4n) is 1.08. The molecule has 0 aromatic heterocycles. The molecule has 0 heterocycles. The van der Waals surface area contributed by atoms with Crippen LogP contribution in [0.15, 0.2) is 25.3 Å². The minimum Gasteiger partial charge on any atom is -0.434 e. The quantitative estimate of drug-likeness (QED) is 0.454. The number of hydrogen-bond acceptors (Lipinski definition) is 6. The molecule has 20 heavy (non-hydrogen) atoms. The number of rotatable bonds is 10. The van der Waals surface area contributed by atoms with Crippen molar-refractivity contribution in [2.24, 2.45) is 0 Å². The lowest BCUT2D eigenvalue weighted by atomic mass is 10.1. The molecule has 0 aliphatic heterocycles. The van der Waals surface area contributed by atoms with Crippen molar-refractivity contribution in [2.75, 3.05) is 26.4 Å². The molecule has 0 aromatic rings. The van der Waals surface area contributed by atoms with E-state index in [-0.39, 0.29) is 26.4 Å². The van der Waals surface area contributed by atoms with Gasteiger partial charge in [-0.1, -0.05) is 32.2 Å². The van der Waals surface area contributed by atoms with Crippen LogP contribution in [0.25, 0.3) is 0 Å². The zero-order valence-corrected chi connectivity index (χ0v) is 11.8. The predicted molar refractivity (Wildman–Crippen MR) is 73.1 cm³/mol. The predicted octanol–water partition coefficient (Wildman–Crippen LogP) is 3.04. The van der Waals surface area contributed by atoms with Crippen LogP contribution in [-0.4, -0.2) is 38.7 Å². The van der Waals surface area contributed by atoms with E-state index in [1.165, 1.54) is 12.2 Å². The molecule has 0 fully saturated rings. The van der Waals surface area contributed by atoms with Crippen LogP contribution in [0.2, 0.25) is 0 Å². The van der Waals surface area contributed by atoms with E-state index in [0.717, 1.165) is 5.92 Å². The van der Waals surface area contributed by atoms with Gasteiger partial charge in [0.1, 0.15) is 13.2 Å². The van der Waals surface area contributed by atoms with E-state index in [0.29, 0.717) is 12.8 Å². The Kier molecular flexibility index (Phi) is 10.9. The van der Waals surface area contributed by atoms with E-state index in [4.69, 9.17) is 9.47 Å². The topological polar surface area (TPSA) is 71.1 Å². The van der Waals surface area contributed by atoms with Crippen LogP contribution in [0, 0.1) is 5.92 Å². The molecule has 0 unspecified atom stereocenters. The van der Waals surface area contributed by atoms with Crippen LogP contribution in [0.5, 0.6) is 0 Å². The van der Waals surface area contributed by atoms with Gasteiger partial charge in [0, 0.05) is 0 Å². The van der Waals surface area contributed by atoms with E-state index in [9.17, 15) is 9.59 Å². The molecular formula is C14H21O6. The molecule has 6 heteroatoms. The number of ether oxygens (including phenoxy) is 4. The average Bonchev–Trinajstić information content (AvgIpc) is 2.42. The summed E-state index contributed by atoms with van der Waals surface area (Å²) in [6.07, 6.45) is 2.63. The SMILES string of the molecule is C=CCOC(=O)OCC[C](C)CCOC(=O)OCC=C. The largest absolute Gasteiger partial charge is 0.508 e. The fraction of sp³-hybridized carbons (Fsp3) is 0.500. The summed E-state index contributed by atoms with van der Waals surface area (Å²) in [5.74, 6) is 1.04. The van der Waals surface area contributed by atoms with Crippen LogP contribution in [-0.2, 0) is 18.9 Å². The van der Waals surface area contributed by atoms with Crippen LogP contribution >= 0.6 is 0 Å². The van der Waals surface area contributed by atoms with Crippen molar-refractivity contribution < 1.29 is 28.5 Å². The molecule has 0 N–H and O–H groups in total. The molecular weight excluding hydrogens is 264 g/mol. The van der Waals surface area contributed by atoms with Gasteiger partial charge in [0.2, 0.25) is 0 Å². The first-order chi connectivity index (χ1) is 9.60. The molecule has 0 amide bonds. The van der Waals surface area contributed by atoms with Gasteiger partial charge in [0.05, 0.1) is 13.2 Å². The Morgan fingerprint density at radius 3 is 1.60 bits per heavy atom. The normalized spacial score (nSPS) is 9.70. The van der Waals surface area contributed by atoms with Crippen LogP contribution in [0.3, 0.4) is 0 Å².